The van der Waals surface area contributed by atoms with Crippen molar-refractivity contribution in [3.05, 3.63) is 121 Å². The van der Waals surface area contributed by atoms with Crippen molar-refractivity contribution in [3.8, 4) is 11.1 Å². The first-order valence-corrected chi connectivity index (χ1v) is 8.93. The molecule has 0 radical (unpaired) electrons. The van der Waals surface area contributed by atoms with Gasteiger partial charge in [-0.15, -0.1) is 0 Å². The van der Waals surface area contributed by atoms with Gasteiger partial charge in [0.1, 0.15) is 0 Å². The average molecular weight is 427 g/mol. The highest BCUT2D eigenvalue weighted by Gasteiger charge is 2.07. The van der Waals surface area contributed by atoms with Gasteiger partial charge >= 0.3 is 0 Å². The number of pyridine rings is 2. The molecule has 0 saturated heterocycles. The summed E-state index contributed by atoms with van der Waals surface area (Å²) in [5.41, 5.74) is 5.10. The predicted octanol–water partition coefficient (Wildman–Crippen LogP) is -2.79. The molecule has 0 fully saturated rings. The summed E-state index contributed by atoms with van der Waals surface area (Å²) in [4.78, 5) is 0. The number of aromatic nitrogens is 2. The first-order chi connectivity index (χ1) is 12.9. The quantitative estimate of drug-likeness (QED) is 0.309. The van der Waals surface area contributed by atoms with Crippen LogP contribution in [0.5, 0.6) is 0 Å². The molecule has 0 spiro atoms. The van der Waals surface area contributed by atoms with Gasteiger partial charge < -0.3 is 30.3 Å². The summed E-state index contributed by atoms with van der Waals surface area (Å²) >= 11 is 0. The highest BCUT2D eigenvalue weighted by atomic mass is 35.5. The van der Waals surface area contributed by atoms with Crippen molar-refractivity contribution < 1.29 is 39.4 Å². The molecule has 0 bridgehead atoms. The molecular weight excluding hydrogens is 403 g/mol. The van der Waals surface area contributed by atoms with Gasteiger partial charge in [-0.25, -0.2) is 9.13 Å². The molecule has 29 heavy (non-hydrogen) atoms. The van der Waals surface area contributed by atoms with E-state index in [1.165, 1.54) is 22.3 Å². The topological polar surface area (TPSA) is 39.3 Å². The molecular formula is C24H24Cl2N2O. The zero-order valence-electron chi connectivity index (χ0n) is 16.0. The van der Waals surface area contributed by atoms with Crippen LogP contribution in [0.4, 0.5) is 0 Å². The predicted molar refractivity (Wildman–Crippen MR) is 107 cm³/mol. The summed E-state index contributed by atoms with van der Waals surface area (Å²) < 4.78 is 4.41. The van der Waals surface area contributed by atoms with Crippen molar-refractivity contribution in [3.63, 3.8) is 0 Å². The Morgan fingerprint density at radius 3 is 1.07 bits per heavy atom. The zero-order chi connectivity index (χ0) is 17.6. The molecule has 2 heterocycles. The standard InChI is InChI=1S/C24H22N2.2ClH.H2O/c1-3-7-21(8-4-1)19-25-15-11-23(12-16-25)24-13-17-26(18-14-24)20-22-9-5-2-6-10-22;;;/h1-18H,19-20H2;2*1H;1H2/q+2;;;/p-2. The largest absolute Gasteiger partial charge is 1.00 e. The third-order valence-electron chi connectivity index (χ3n) is 4.53. The maximum absolute atomic E-state index is 2.21. The molecule has 4 rings (SSSR count). The lowest BCUT2D eigenvalue weighted by Gasteiger charge is -2.02. The van der Waals surface area contributed by atoms with E-state index in [-0.39, 0.29) is 30.3 Å². The molecule has 2 N–H and O–H groups in total. The van der Waals surface area contributed by atoms with Crippen molar-refractivity contribution in [1.29, 1.82) is 0 Å². The van der Waals surface area contributed by atoms with E-state index in [1.807, 2.05) is 0 Å². The lowest BCUT2D eigenvalue weighted by atomic mass is 10.1. The lowest BCUT2D eigenvalue weighted by molar-refractivity contribution is -0.688. The molecule has 0 atom stereocenters. The fourth-order valence-electron chi connectivity index (χ4n) is 3.10. The molecule has 2 aromatic carbocycles. The van der Waals surface area contributed by atoms with Crippen LogP contribution in [-0.4, -0.2) is 5.48 Å². The number of benzene rings is 2. The van der Waals surface area contributed by atoms with Gasteiger partial charge in [0.05, 0.1) is 0 Å². The molecule has 3 nitrogen and oxygen atoms in total. The minimum Gasteiger partial charge on any atom is -1.00 e. The van der Waals surface area contributed by atoms with Gasteiger partial charge in [0.2, 0.25) is 0 Å². The minimum atomic E-state index is 0. The van der Waals surface area contributed by atoms with Gasteiger partial charge in [-0.1, -0.05) is 60.7 Å². The maximum Gasteiger partial charge on any atom is 0.173 e. The van der Waals surface area contributed by atoms with E-state index in [1.54, 1.807) is 0 Å². The first-order valence-electron chi connectivity index (χ1n) is 8.93. The second-order valence-electron chi connectivity index (χ2n) is 6.49. The normalized spacial score (nSPS) is 9.52. The average Bonchev–Trinajstić information content (AvgIpc) is 2.71. The number of hydrogen-bond donors (Lipinski definition) is 0. The van der Waals surface area contributed by atoms with E-state index in [0.717, 1.165) is 13.1 Å². The third-order valence-corrected chi connectivity index (χ3v) is 4.53. The van der Waals surface area contributed by atoms with Crippen LogP contribution in [0.3, 0.4) is 0 Å². The highest BCUT2D eigenvalue weighted by Crippen LogP contribution is 2.15. The SMILES string of the molecule is O.[Cl-].[Cl-].c1ccc(C[n+]2ccc(-c3cc[n+](Cc4ccccc4)cc3)cc2)cc1. The molecule has 0 amide bonds. The van der Waals surface area contributed by atoms with E-state index in [2.05, 4.69) is 119 Å². The Morgan fingerprint density at radius 1 is 0.448 bits per heavy atom. The van der Waals surface area contributed by atoms with Gasteiger partial charge in [0.15, 0.2) is 37.9 Å². The smallest absolute Gasteiger partial charge is 0.173 e. The Bertz CT molecular complexity index is 878. The zero-order valence-corrected chi connectivity index (χ0v) is 17.5. The van der Waals surface area contributed by atoms with Crippen LogP contribution < -0.4 is 33.9 Å². The second kappa shape index (κ2) is 12.0. The van der Waals surface area contributed by atoms with Crippen molar-refractivity contribution >= 4 is 0 Å². The van der Waals surface area contributed by atoms with Crippen molar-refractivity contribution in [2.24, 2.45) is 0 Å². The van der Waals surface area contributed by atoms with Crippen LogP contribution in [0.15, 0.2) is 110 Å². The first kappa shape index (κ1) is 24.3. The van der Waals surface area contributed by atoms with Gasteiger partial charge in [0, 0.05) is 35.4 Å². The molecule has 0 unspecified atom stereocenters. The number of nitrogens with zero attached hydrogens (tertiary/aromatic N) is 2. The van der Waals surface area contributed by atoms with Gasteiger partial charge in [-0.2, -0.15) is 0 Å². The molecule has 5 heteroatoms. The van der Waals surface area contributed by atoms with Crippen LogP contribution >= 0.6 is 0 Å². The summed E-state index contributed by atoms with van der Waals surface area (Å²) in [6.07, 6.45) is 8.58. The van der Waals surface area contributed by atoms with Crippen molar-refractivity contribution in [2.45, 2.75) is 13.1 Å². The van der Waals surface area contributed by atoms with Gasteiger partial charge in [0.25, 0.3) is 0 Å². The molecule has 0 aliphatic heterocycles. The summed E-state index contributed by atoms with van der Waals surface area (Å²) in [6, 6.07) is 29.8. The molecule has 0 aliphatic rings. The summed E-state index contributed by atoms with van der Waals surface area (Å²) in [6.45, 7) is 1.79. The number of hydrogen-bond acceptors (Lipinski definition) is 0. The number of rotatable bonds is 5. The van der Waals surface area contributed by atoms with E-state index in [0.29, 0.717) is 0 Å². The Balaban J connectivity index is 0.00000140. The molecule has 0 saturated carbocycles. The Kier molecular flexibility index (Phi) is 10.0. The van der Waals surface area contributed by atoms with E-state index in [9.17, 15) is 0 Å². The van der Waals surface area contributed by atoms with Gasteiger partial charge in [-0.3, -0.25) is 0 Å². The molecule has 0 aliphatic carbocycles. The van der Waals surface area contributed by atoms with E-state index in [4.69, 9.17) is 0 Å². The second-order valence-corrected chi connectivity index (χ2v) is 6.49. The Hall–Kier alpha value is -2.72. The lowest BCUT2D eigenvalue weighted by Crippen LogP contribution is -3.00. The summed E-state index contributed by atoms with van der Waals surface area (Å²) in [7, 11) is 0. The van der Waals surface area contributed by atoms with Crippen LogP contribution in [0, 0.1) is 0 Å². The third kappa shape index (κ3) is 6.68. The maximum atomic E-state index is 2.21. The van der Waals surface area contributed by atoms with Gasteiger partial charge in [-0.05, 0) is 11.1 Å². The molecule has 150 valence electrons. The van der Waals surface area contributed by atoms with Crippen LogP contribution in [0.25, 0.3) is 11.1 Å². The van der Waals surface area contributed by atoms with Crippen molar-refractivity contribution in [1.82, 2.24) is 0 Å². The van der Waals surface area contributed by atoms with Crippen LogP contribution in [0.1, 0.15) is 11.1 Å². The minimum absolute atomic E-state index is 0. The molecule has 2 aromatic heterocycles. The summed E-state index contributed by atoms with van der Waals surface area (Å²) in [5.74, 6) is 0. The number of halogens is 2. The van der Waals surface area contributed by atoms with E-state index >= 15 is 0 Å². The van der Waals surface area contributed by atoms with E-state index < -0.39 is 0 Å². The highest BCUT2D eigenvalue weighted by molar-refractivity contribution is 5.60. The van der Waals surface area contributed by atoms with Crippen LogP contribution in [-0.2, 0) is 13.1 Å². The molecule has 4 aromatic rings. The Labute approximate surface area is 184 Å². The van der Waals surface area contributed by atoms with Crippen LogP contribution in [0.2, 0.25) is 0 Å². The fraction of sp³-hybridized carbons (Fsp3) is 0.0833. The Morgan fingerprint density at radius 2 is 0.759 bits per heavy atom. The summed E-state index contributed by atoms with van der Waals surface area (Å²) in [5, 5.41) is 0. The van der Waals surface area contributed by atoms with Crippen molar-refractivity contribution in [2.75, 3.05) is 0 Å². The fourth-order valence-corrected chi connectivity index (χ4v) is 3.10. The monoisotopic (exact) mass is 426 g/mol.